The first-order valence-electron chi connectivity index (χ1n) is 5.17. The van der Waals surface area contributed by atoms with Crippen molar-refractivity contribution in [3.8, 4) is 11.5 Å². The Hall–Kier alpha value is -1.75. The van der Waals surface area contributed by atoms with Gasteiger partial charge in [-0.15, -0.1) is 11.6 Å². The van der Waals surface area contributed by atoms with E-state index in [0.29, 0.717) is 6.07 Å². The van der Waals surface area contributed by atoms with Gasteiger partial charge in [0.15, 0.2) is 17.4 Å². The maximum absolute atomic E-state index is 13.6. The van der Waals surface area contributed by atoms with Gasteiger partial charge in [-0.05, 0) is 17.7 Å². The van der Waals surface area contributed by atoms with E-state index in [0.717, 1.165) is 24.3 Å². The lowest BCUT2D eigenvalue weighted by molar-refractivity contribution is 0.401. The molecule has 0 unspecified atom stereocenters. The molecule has 0 aliphatic heterocycles. The van der Waals surface area contributed by atoms with E-state index in [1.54, 1.807) is 0 Å². The van der Waals surface area contributed by atoms with Gasteiger partial charge in [0, 0.05) is 24.1 Å². The summed E-state index contributed by atoms with van der Waals surface area (Å²) in [6.07, 6.45) is 0. The number of benzene rings is 2. The van der Waals surface area contributed by atoms with Gasteiger partial charge in [0.1, 0.15) is 17.4 Å². The average molecular weight is 291 g/mol. The van der Waals surface area contributed by atoms with Gasteiger partial charge in [-0.1, -0.05) is 0 Å². The second kappa shape index (κ2) is 5.48. The summed E-state index contributed by atoms with van der Waals surface area (Å²) in [5, 5.41) is 0. The third-order valence-corrected chi connectivity index (χ3v) is 2.58. The molecule has 2 aromatic carbocycles. The Morgan fingerprint density at radius 3 is 1.84 bits per heavy atom. The predicted molar refractivity (Wildman–Crippen MR) is 62.3 cm³/mol. The number of hydrogen-bond acceptors (Lipinski definition) is 1. The molecule has 0 atom stereocenters. The van der Waals surface area contributed by atoms with Crippen LogP contribution in [0.2, 0.25) is 0 Å². The molecule has 0 aliphatic rings. The Morgan fingerprint density at radius 2 is 1.37 bits per heavy atom. The summed E-state index contributed by atoms with van der Waals surface area (Å²) < 4.78 is 57.8. The molecule has 0 saturated carbocycles. The third-order valence-electron chi connectivity index (χ3n) is 2.27. The number of ether oxygens (including phenoxy) is 1. The number of alkyl halides is 1. The van der Waals surface area contributed by atoms with Crippen LogP contribution in [0.4, 0.5) is 17.6 Å². The number of hydrogen-bond donors (Lipinski definition) is 0. The highest BCUT2D eigenvalue weighted by molar-refractivity contribution is 6.17. The van der Waals surface area contributed by atoms with Crippen LogP contribution in [0.5, 0.6) is 11.5 Å². The molecule has 0 radical (unpaired) electrons. The SMILES string of the molecule is Fc1cc(F)cc(Oc2c(F)cc(CCl)cc2F)c1. The van der Waals surface area contributed by atoms with E-state index in [2.05, 4.69) is 0 Å². The van der Waals surface area contributed by atoms with E-state index in [1.165, 1.54) is 0 Å². The zero-order valence-electron chi connectivity index (χ0n) is 9.39. The Kier molecular flexibility index (Phi) is 3.95. The van der Waals surface area contributed by atoms with Crippen molar-refractivity contribution in [2.24, 2.45) is 0 Å². The predicted octanol–water partition coefficient (Wildman–Crippen LogP) is 4.77. The molecule has 0 aliphatic carbocycles. The molecule has 0 spiro atoms. The second-order valence-corrected chi connectivity index (χ2v) is 4.00. The monoisotopic (exact) mass is 290 g/mol. The minimum Gasteiger partial charge on any atom is -0.451 e. The first-order valence-corrected chi connectivity index (χ1v) is 5.71. The summed E-state index contributed by atoms with van der Waals surface area (Å²) >= 11 is 5.45. The van der Waals surface area contributed by atoms with Crippen LogP contribution in [0, 0.1) is 23.3 Å². The molecule has 0 amide bonds. The maximum atomic E-state index is 13.6. The molecule has 0 saturated heterocycles. The highest BCUT2D eigenvalue weighted by Crippen LogP contribution is 2.29. The quantitative estimate of drug-likeness (QED) is 0.584. The molecule has 0 fully saturated rings. The first-order chi connectivity index (χ1) is 8.99. The highest BCUT2D eigenvalue weighted by atomic mass is 35.5. The Bertz CT molecular complexity index is 572. The fourth-order valence-corrected chi connectivity index (χ4v) is 1.65. The van der Waals surface area contributed by atoms with E-state index >= 15 is 0 Å². The van der Waals surface area contributed by atoms with Crippen molar-refractivity contribution in [2.75, 3.05) is 0 Å². The van der Waals surface area contributed by atoms with E-state index < -0.39 is 29.0 Å². The van der Waals surface area contributed by atoms with E-state index in [-0.39, 0.29) is 17.2 Å². The Morgan fingerprint density at radius 1 is 0.842 bits per heavy atom. The number of rotatable bonds is 3. The van der Waals surface area contributed by atoms with E-state index in [1.807, 2.05) is 0 Å². The van der Waals surface area contributed by atoms with Gasteiger partial charge < -0.3 is 4.74 Å². The Balaban J connectivity index is 2.38. The maximum Gasteiger partial charge on any atom is 0.198 e. The summed E-state index contributed by atoms with van der Waals surface area (Å²) in [6.45, 7) is 0. The van der Waals surface area contributed by atoms with Gasteiger partial charge >= 0.3 is 0 Å². The topological polar surface area (TPSA) is 9.23 Å². The lowest BCUT2D eigenvalue weighted by Gasteiger charge is -2.09. The van der Waals surface area contributed by atoms with Crippen LogP contribution in [0.15, 0.2) is 30.3 Å². The molecule has 6 heteroatoms. The standard InChI is InChI=1S/C13H7ClF4O/c14-6-7-1-11(17)13(12(18)2-7)19-10-4-8(15)3-9(16)5-10/h1-5H,6H2. The second-order valence-electron chi connectivity index (χ2n) is 3.73. The van der Waals surface area contributed by atoms with Crippen LogP contribution in [0.25, 0.3) is 0 Å². The minimum absolute atomic E-state index is 0.0668. The van der Waals surface area contributed by atoms with Crippen LogP contribution < -0.4 is 4.74 Å². The third kappa shape index (κ3) is 3.17. The van der Waals surface area contributed by atoms with Gasteiger partial charge in [-0.3, -0.25) is 0 Å². The van der Waals surface area contributed by atoms with Gasteiger partial charge in [0.2, 0.25) is 0 Å². The molecule has 2 aromatic rings. The minimum atomic E-state index is -1.000. The summed E-state index contributed by atoms with van der Waals surface area (Å²) in [7, 11) is 0. The van der Waals surface area contributed by atoms with Gasteiger partial charge in [-0.25, -0.2) is 17.6 Å². The van der Waals surface area contributed by atoms with Crippen molar-refractivity contribution in [1.82, 2.24) is 0 Å². The number of halogens is 5. The average Bonchev–Trinajstić information content (AvgIpc) is 2.32. The molecule has 100 valence electrons. The molecular formula is C13H7ClF4O. The van der Waals surface area contributed by atoms with Crippen molar-refractivity contribution in [3.63, 3.8) is 0 Å². The molecule has 0 bridgehead atoms. The fourth-order valence-electron chi connectivity index (χ4n) is 1.49. The van der Waals surface area contributed by atoms with Crippen LogP contribution >= 0.6 is 11.6 Å². The normalized spacial score (nSPS) is 10.6. The lowest BCUT2D eigenvalue weighted by Crippen LogP contribution is -1.96. The van der Waals surface area contributed by atoms with Crippen molar-refractivity contribution in [3.05, 3.63) is 59.2 Å². The Labute approximate surface area is 111 Å². The molecule has 0 N–H and O–H groups in total. The van der Waals surface area contributed by atoms with Crippen LogP contribution in [-0.2, 0) is 5.88 Å². The molecule has 1 nitrogen and oxygen atoms in total. The van der Waals surface area contributed by atoms with Crippen molar-refractivity contribution < 1.29 is 22.3 Å². The first kappa shape index (κ1) is 13.7. The van der Waals surface area contributed by atoms with Gasteiger partial charge in [0.05, 0.1) is 0 Å². The molecular weight excluding hydrogens is 284 g/mol. The summed E-state index contributed by atoms with van der Waals surface area (Å²) in [4.78, 5) is 0. The van der Waals surface area contributed by atoms with Crippen molar-refractivity contribution >= 4 is 11.6 Å². The molecule has 2 rings (SSSR count). The van der Waals surface area contributed by atoms with Crippen LogP contribution in [0.3, 0.4) is 0 Å². The zero-order valence-corrected chi connectivity index (χ0v) is 10.1. The van der Waals surface area contributed by atoms with Crippen molar-refractivity contribution in [1.29, 1.82) is 0 Å². The molecule has 0 aromatic heterocycles. The largest absolute Gasteiger partial charge is 0.451 e. The summed E-state index contributed by atoms with van der Waals surface area (Å²) in [6, 6.07) is 4.23. The smallest absolute Gasteiger partial charge is 0.198 e. The van der Waals surface area contributed by atoms with Gasteiger partial charge in [0.25, 0.3) is 0 Å². The summed E-state index contributed by atoms with van der Waals surface area (Å²) in [5.74, 6) is -4.96. The lowest BCUT2D eigenvalue weighted by atomic mass is 10.2. The highest BCUT2D eigenvalue weighted by Gasteiger charge is 2.14. The van der Waals surface area contributed by atoms with Crippen LogP contribution in [0.1, 0.15) is 5.56 Å². The zero-order chi connectivity index (χ0) is 14.0. The summed E-state index contributed by atoms with van der Waals surface area (Å²) in [5.41, 5.74) is 0.231. The van der Waals surface area contributed by atoms with E-state index in [4.69, 9.17) is 16.3 Å². The van der Waals surface area contributed by atoms with Crippen LogP contribution in [-0.4, -0.2) is 0 Å². The van der Waals surface area contributed by atoms with Crippen molar-refractivity contribution in [2.45, 2.75) is 5.88 Å². The van der Waals surface area contributed by atoms with Gasteiger partial charge in [-0.2, -0.15) is 0 Å². The van der Waals surface area contributed by atoms with E-state index in [9.17, 15) is 17.6 Å². The fraction of sp³-hybridized carbons (Fsp3) is 0.0769. The molecule has 0 heterocycles. The molecule has 19 heavy (non-hydrogen) atoms.